The minimum absolute atomic E-state index is 0.694. The number of benzene rings is 2. The van der Waals surface area contributed by atoms with Gasteiger partial charge in [0.1, 0.15) is 5.75 Å². The first-order valence-electron chi connectivity index (χ1n) is 8.05. The van der Waals surface area contributed by atoms with Crippen molar-refractivity contribution in [1.82, 2.24) is 9.88 Å². The fourth-order valence-corrected chi connectivity index (χ4v) is 3.31. The molecule has 0 atom stereocenters. The second kappa shape index (κ2) is 7.57. The summed E-state index contributed by atoms with van der Waals surface area (Å²) < 4.78 is 7.03. The number of fused-ring (bicyclic) bond motifs is 1. The van der Waals surface area contributed by atoms with Crippen molar-refractivity contribution >= 4 is 21.6 Å². The molecule has 0 saturated heterocycles. The molecule has 120 valence electrons. The molecule has 1 heterocycles. The van der Waals surface area contributed by atoms with Gasteiger partial charge in [-0.2, -0.15) is 0 Å². The van der Waals surface area contributed by atoms with E-state index >= 15 is 0 Å². The molecule has 2 aromatic carbocycles. The van der Waals surface area contributed by atoms with Crippen LogP contribution >= 0.6 is 11.3 Å². The molecule has 0 bridgehead atoms. The van der Waals surface area contributed by atoms with E-state index in [-0.39, 0.29) is 0 Å². The van der Waals surface area contributed by atoms with Gasteiger partial charge in [0.15, 0.2) is 0 Å². The van der Waals surface area contributed by atoms with Gasteiger partial charge in [0.2, 0.25) is 0 Å². The average molecular weight is 326 g/mol. The third kappa shape index (κ3) is 4.30. The number of unbranched alkanes of at least 4 members (excludes halogenated alkanes) is 1. The van der Waals surface area contributed by atoms with E-state index in [1.54, 1.807) is 11.3 Å². The molecular formula is C19H22N2OS. The van der Waals surface area contributed by atoms with Crippen LogP contribution in [0.25, 0.3) is 10.2 Å². The first-order valence-corrected chi connectivity index (χ1v) is 8.87. The summed E-state index contributed by atoms with van der Waals surface area (Å²) in [7, 11) is 2.17. The molecule has 0 spiro atoms. The predicted octanol–water partition coefficient (Wildman–Crippen LogP) is 5.32. The minimum Gasteiger partial charge on any atom is -0.431 e. The average Bonchev–Trinajstić information content (AvgIpc) is 2.97. The molecule has 0 amide bonds. The maximum atomic E-state index is 5.88. The van der Waals surface area contributed by atoms with Crippen molar-refractivity contribution in [2.75, 3.05) is 13.6 Å². The highest BCUT2D eigenvalue weighted by Crippen LogP contribution is 2.31. The summed E-state index contributed by atoms with van der Waals surface area (Å²) >= 11 is 1.57. The Morgan fingerprint density at radius 1 is 1.09 bits per heavy atom. The molecule has 0 fully saturated rings. The second-order valence-electron chi connectivity index (χ2n) is 5.78. The van der Waals surface area contributed by atoms with Crippen LogP contribution < -0.4 is 4.74 Å². The van der Waals surface area contributed by atoms with Crippen LogP contribution in [0, 0.1) is 0 Å². The van der Waals surface area contributed by atoms with Crippen LogP contribution in [0.4, 0.5) is 0 Å². The van der Waals surface area contributed by atoms with Crippen molar-refractivity contribution in [1.29, 1.82) is 0 Å². The molecule has 23 heavy (non-hydrogen) atoms. The summed E-state index contributed by atoms with van der Waals surface area (Å²) in [5.41, 5.74) is 2.29. The molecule has 0 aliphatic carbocycles. The summed E-state index contributed by atoms with van der Waals surface area (Å²) in [5, 5.41) is 0.694. The third-order valence-corrected chi connectivity index (χ3v) is 4.66. The van der Waals surface area contributed by atoms with Gasteiger partial charge in [-0.25, -0.2) is 4.98 Å². The zero-order valence-electron chi connectivity index (χ0n) is 13.7. The van der Waals surface area contributed by atoms with Crippen LogP contribution in [-0.4, -0.2) is 23.5 Å². The molecule has 1 aromatic heterocycles. The fourth-order valence-electron chi connectivity index (χ4n) is 2.48. The van der Waals surface area contributed by atoms with E-state index in [9.17, 15) is 0 Å². The smallest absolute Gasteiger partial charge is 0.279 e. The Morgan fingerprint density at radius 3 is 2.61 bits per heavy atom. The number of para-hydroxylation sites is 1. The normalized spacial score (nSPS) is 11.3. The SMILES string of the molecule is CCCCN(C)Cc1ccc(Oc2nc3ccccc3s2)cc1. The molecule has 3 nitrogen and oxygen atoms in total. The third-order valence-electron chi connectivity index (χ3n) is 3.75. The highest BCUT2D eigenvalue weighted by atomic mass is 32.1. The predicted molar refractivity (Wildman–Crippen MR) is 97.4 cm³/mol. The van der Waals surface area contributed by atoms with Gasteiger partial charge in [-0.3, -0.25) is 0 Å². The van der Waals surface area contributed by atoms with Gasteiger partial charge >= 0.3 is 0 Å². The fraction of sp³-hybridized carbons (Fsp3) is 0.316. The number of hydrogen-bond donors (Lipinski definition) is 0. The summed E-state index contributed by atoms with van der Waals surface area (Å²) in [4.78, 5) is 6.85. The van der Waals surface area contributed by atoms with Gasteiger partial charge in [-0.05, 0) is 49.8 Å². The summed E-state index contributed by atoms with van der Waals surface area (Å²) in [6.07, 6.45) is 2.48. The summed E-state index contributed by atoms with van der Waals surface area (Å²) in [5.74, 6) is 0.837. The number of nitrogens with zero attached hydrogens (tertiary/aromatic N) is 2. The Balaban J connectivity index is 1.62. The Hall–Kier alpha value is -1.91. The van der Waals surface area contributed by atoms with Gasteiger partial charge in [-0.15, -0.1) is 0 Å². The van der Waals surface area contributed by atoms with E-state index in [0.717, 1.165) is 29.1 Å². The zero-order valence-corrected chi connectivity index (χ0v) is 14.5. The summed E-state index contributed by atoms with van der Waals surface area (Å²) in [6.45, 7) is 4.34. The highest BCUT2D eigenvalue weighted by molar-refractivity contribution is 7.20. The maximum Gasteiger partial charge on any atom is 0.279 e. The van der Waals surface area contributed by atoms with Crippen LogP contribution in [0.2, 0.25) is 0 Å². The molecule has 3 rings (SSSR count). The standard InChI is InChI=1S/C19H22N2OS/c1-3-4-13-21(2)14-15-9-11-16(12-10-15)22-19-20-17-7-5-6-8-18(17)23-19/h5-12H,3-4,13-14H2,1-2H3. The van der Waals surface area contributed by atoms with Crippen molar-refractivity contribution in [3.8, 4) is 10.9 Å². The maximum absolute atomic E-state index is 5.88. The van der Waals surface area contributed by atoms with E-state index in [1.807, 2.05) is 30.3 Å². The second-order valence-corrected chi connectivity index (χ2v) is 6.78. The molecule has 0 N–H and O–H groups in total. The minimum atomic E-state index is 0.694. The van der Waals surface area contributed by atoms with E-state index in [2.05, 4.69) is 42.1 Å². The molecule has 0 saturated carbocycles. The lowest BCUT2D eigenvalue weighted by atomic mass is 10.2. The van der Waals surface area contributed by atoms with Gasteiger partial charge in [0, 0.05) is 6.54 Å². The lowest BCUT2D eigenvalue weighted by Crippen LogP contribution is -2.18. The quantitative estimate of drug-likeness (QED) is 0.587. The van der Waals surface area contributed by atoms with Crippen molar-refractivity contribution in [3.05, 3.63) is 54.1 Å². The largest absolute Gasteiger partial charge is 0.431 e. The molecule has 0 aliphatic heterocycles. The lowest BCUT2D eigenvalue weighted by Gasteiger charge is -2.16. The molecule has 0 aliphatic rings. The lowest BCUT2D eigenvalue weighted by molar-refractivity contribution is 0.320. The zero-order chi connectivity index (χ0) is 16.1. The van der Waals surface area contributed by atoms with E-state index in [4.69, 9.17) is 4.74 Å². The van der Waals surface area contributed by atoms with Crippen molar-refractivity contribution in [3.63, 3.8) is 0 Å². The van der Waals surface area contributed by atoms with E-state index < -0.39 is 0 Å². The van der Waals surface area contributed by atoms with Gasteiger partial charge < -0.3 is 9.64 Å². The monoisotopic (exact) mass is 326 g/mol. The van der Waals surface area contributed by atoms with Crippen LogP contribution in [0.5, 0.6) is 10.9 Å². The Morgan fingerprint density at radius 2 is 1.87 bits per heavy atom. The topological polar surface area (TPSA) is 25.4 Å². The first kappa shape index (κ1) is 16.0. The van der Waals surface area contributed by atoms with Crippen molar-refractivity contribution in [2.24, 2.45) is 0 Å². The van der Waals surface area contributed by atoms with E-state index in [1.165, 1.54) is 18.4 Å². The summed E-state index contributed by atoms with van der Waals surface area (Å²) in [6, 6.07) is 16.4. The van der Waals surface area contributed by atoms with Crippen LogP contribution in [0.15, 0.2) is 48.5 Å². The van der Waals surface area contributed by atoms with Gasteiger partial charge in [0.25, 0.3) is 5.19 Å². The van der Waals surface area contributed by atoms with Crippen LogP contribution in [-0.2, 0) is 6.54 Å². The number of thiazole rings is 1. The molecule has 0 unspecified atom stereocenters. The van der Waals surface area contributed by atoms with Crippen molar-refractivity contribution < 1.29 is 4.74 Å². The Labute approximate surface area is 141 Å². The molecule has 4 heteroatoms. The molecule has 3 aromatic rings. The van der Waals surface area contributed by atoms with Crippen LogP contribution in [0.3, 0.4) is 0 Å². The van der Waals surface area contributed by atoms with Gasteiger partial charge in [0.05, 0.1) is 10.2 Å². The number of hydrogen-bond acceptors (Lipinski definition) is 4. The van der Waals surface area contributed by atoms with Crippen molar-refractivity contribution in [2.45, 2.75) is 26.3 Å². The number of aromatic nitrogens is 1. The number of ether oxygens (including phenoxy) is 1. The Bertz CT molecular complexity index is 718. The van der Waals surface area contributed by atoms with E-state index in [0.29, 0.717) is 5.19 Å². The molecular weight excluding hydrogens is 304 g/mol. The van der Waals surface area contributed by atoms with Crippen LogP contribution in [0.1, 0.15) is 25.3 Å². The molecule has 0 radical (unpaired) electrons. The Kier molecular flexibility index (Phi) is 5.26. The first-order chi connectivity index (χ1) is 11.2. The number of rotatable bonds is 7. The van der Waals surface area contributed by atoms with Gasteiger partial charge in [-0.1, -0.05) is 48.9 Å². The highest BCUT2D eigenvalue weighted by Gasteiger charge is 2.06.